The van der Waals surface area contributed by atoms with E-state index in [0.29, 0.717) is 23.7 Å². The van der Waals surface area contributed by atoms with Gasteiger partial charge < -0.3 is 4.90 Å². The standard InChI is InChI=1S/C20H26N2O3S/c1-6-22(17(5)23)13-18-8-7-9-19(12-18)21-26(24,25)20-15(3)10-14(2)11-16(20)4/h7-12,21H,6,13H2,1-5H3. The lowest BCUT2D eigenvalue weighted by Gasteiger charge is -2.19. The van der Waals surface area contributed by atoms with Gasteiger partial charge >= 0.3 is 0 Å². The third-order valence-corrected chi connectivity index (χ3v) is 5.94. The number of sulfonamides is 1. The number of aryl methyl sites for hydroxylation is 3. The van der Waals surface area contributed by atoms with Crippen molar-refractivity contribution in [3.05, 3.63) is 58.7 Å². The van der Waals surface area contributed by atoms with Crippen LogP contribution in [0.4, 0.5) is 5.69 Å². The van der Waals surface area contributed by atoms with Crippen LogP contribution in [0.3, 0.4) is 0 Å². The van der Waals surface area contributed by atoms with Crippen LogP contribution in [-0.2, 0) is 21.4 Å². The second-order valence-electron chi connectivity index (χ2n) is 6.57. The van der Waals surface area contributed by atoms with Crippen molar-refractivity contribution in [3.63, 3.8) is 0 Å². The highest BCUT2D eigenvalue weighted by Gasteiger charge is 2.20. The SMILES string of the molecule is CCN(Cc1cccc(NS(=O)(=O)c2c(C)cc(C)cc2C)c1)C(C)=O. The van der Waals surface area contributed by atoms with Crippen molar-refractivity contribution in [2.45, 2.75) is 46.1 Å². The summed E-state index contributed by atoms with van der Waals surface area (Å²) in [6, 6.07) is 10.9. The number of hydrogen-bond donors (Lipinski definition) is 1. The van der Waals surface area contributed by atoms with E-state index in [1.54, 1.807) is 36.9 Å². The maximum absolute atomic E-state index is 12.9. The number of anilines is 1. The van der Waals surface area contributed by atoms with Gasteiger partial charge in [0.25, 0.3) is 10.0 Å². The maximum atomic E-state index is 12.9. The van der Waals surface area contributed by atoms with E-state index < -0.39 is 10.0 Å². The first-order chi connectivity index (χ1) is 12.1. The van der Waals surface area contributed by atoms with Gasteiger partial charge in [-0.15, -0.1) is 0 Å². The zero-order valence-electron chi connectivity index (χ0n) is 16.0. The van der Waals surface area contributed by atoms with Crippen LogP contribution in [-0.4, -0.2) is 25.8 Å². The van der Waals surface area contributed by atoms with E-state index in [1.165, 1.54) is 6.92 Å². The molecule has 2 aromatic rings. The second-order valence-corrected chi connectivity index (χ2v) is 8.19. The normalized spacial score (nSPS) is 11.3. The summed E-state index contributed by atoms with van der Waals surface area (Å²) >= 11 is 0. The Morgan fingerprint density at radius 2 is 1.69 bits per heavy atom. The van der Waals surface area contributed by atoms with Gasteiger partial charge in [0, 0.05) is 25.7 Å². The molecule has 2 rings (SSSR count). The molecule has 0 spiro atoms. The van der Waals surface area contributed by atoms with Crippen molar-refractivity contribution >= 4 is 21.6 Å². The van der Waals surface area contributed by atoms with Crippen LogP contribution in [0.5, 0.6) is 0 Å². The van der Waals surface area contributed by atoms with Gasteiger partial charge in [-0.25, -0.2) is 8.42 Å². The number of amides is 1. The van der Waals surface area contributed by atoms with Crippen molar-refractivity contribution in [2.24, 2.45) is 0 Å². The van der Waals surface area contributed by atoms with Crippen LogP contribution in [0, 0.1) is 20.8 Å². The number of nitrogens with zero attached hydrogens (tertiary/aromatic N) is 1. The molecular weight excluding hydrogens is 348 g/mol. The molecule has 2 aromatic carbocycles. The van der Waals surface area contributed by atoms with Gasteiger partial charge in [0.15, 0.2) is 0 Å². The van der Waals surface area contributed by atoms with Gasteiger partial charge in [0.05, 0.1) is 4.90 Å². The number of hydrogen-bond acceptors (Lipinski definition) is 3. The van der Waals surface area contributed by atoms with Gasteiger partial charge in [0.2, 0.25) is 5.91 Å². The Morgan fingerprint density at radius 3 is 2.23 bits per heavy atom. The van der Waals surface area contributed by atoms with Gasteiger partial charge in [-0.1, -0.05) is 29.8 Å². The van der Waals surface area contributed by atoms with Crippen molar-refractivity contribution in [1.29, 1.82) is 0 Å². The smallest absolute Gasteiger partial charge is 0.262 e. The van der Waals surface area contributed by atoms with E-state index in [2.05, 4.69) is 4.72 Å². The van der Waals surface area contributed by atoms with Crippen LogP contribution in [0.25, 0.3) is 0 Å². The highest BCUT2D eigenvalue weighted by Crippen LogP contribution is 2.25. The molecule has 0 aliphatic carbocycles. The number of rotatable bonds is 6. The molecule has 0 bridgehead atoms. The molecule has 6 heteroatoms. The van der Waals surface area contributed by atoms with Crippen molar-refractivity contribution in [3.8, 4) is 0 Å². The van der Waals surface area contributed by atoms with Gasteiger partial charge in [0.1, 0.15) is 0 Å². The van der Waals surface area contributed by atoms with Crippen LogP contribution in [0.1, 0.15) is 36.1 Å². The van der Waals surface area contributed by atoms with Crippen LogP contribution in [0.2, 0.25) is 0 Å². The lowest BCUT2D eigenvalue weighted by molar-refractivity contribution is -0.129. The van der Waals surface area contributed by atoms with E-state index in [4.69, 9.17) is 0 Å². The Bertz CT molecular complexity index is 897. The summed E-state index contributed by atoms with van der Waals surface area (Å²) in [6.07, 6.45) is 0. The molecule has 140 valence electrons. The zero-order valence-corrected chi connectivity index (χ0v) is 16.8. The fraction of sp³-hybridized carbons (Fsp3) is 0.350. The van der Waals surface area contributed by atoms with Crippen molar-refractivity contribution < 1.29 is 13.2 Å². The van der Waals surface area contributed by atoms with Crippen molar-refractivity contribution in [1.82, 2.24) is 4.90 Å². The minimum Gasteiger partial charge on any atom is -0.339 e. The first-order valence-corrected chi connectivity index (χ1v) is 10.1. The molecule has 0 saturated carbocycles. The molecule has 0 aromatic heterocycles. The molecule has 26 heavy (non-hydrogen) atoms. The van der Waals surface area contributed by atoms with E-state index in [1.807, 2.05) is 32.0 Å². The molecule has 0 fully saturated rings. The van der Waals surface area contributed by atoms with Crippen LogP contribution in [0.15, 0.2) is 41.3 Å². The first kappa shape index (κ1) is 20.0. The number of nitrogens with one attached hydrogen (secondary N) is 1. The average molecular weight is 375 g/mol. The minimum atomic E-state index is -3.69. The number of carbonyl (C=O) groups is 1. The summed E-state index contributed by atoms with van der Waals surface area (Å²) in [5.74, 6) is -0.00983. The summed E-state index contributed by atoms with van der Waals surface area (Å²) in [5, 5.41) is 0. The average Bonchev–Trinajstić information content (AvgIpc) is 2.50. The quantitative estimate of drug-likeness (QED) is 0.837. The predicted octanol–water partition coefficient (Wildman–Crippen LogP) is 3.78. The summed E-state index contributed by atoms with van der Waals surface area (Å²) in [6.45, 7) is 10.0. The molecule has 5 nitrogen and oxygen atoms in total. The number of carbonyl (C=O) groups excluding carboxylic acids is 1. The van der Waals surface area contributed by atoms with Gasteiger partial charge in [-0.2, -0.15) is 0 Å². The van der Waals surface area contributed by atoms with E-state index in [-0.39, 0.29) is 5.91 Å². The fourth-order valence-electron chi connectivity index (χ4n) is 3.20. The summed E-state index contributed by atoms with van der Waals surface area (Å²) in [5.41, 5.74) is 3.84. The molecule has 0 radical (unpaired) electrons. The fourth-order valence-corrected chi connectivity index (χ4v) is 4.70. The van der Waals surface area contributed by atoms with Crippen LogP contribution >= 0.6 is 0 Å². The van der Waals surface area contributed by atoms with Crippen molar-refractivity contribution in [2.75, 3.05) is 11.3 Å². The molecule has 0 heterocycles. The minimum absolute atomic E-state index is 0.00983. The molecular formula is C20H26N2O3S. The summed E-state index contributed by atoms with van der Waals surface area (Å²) in [4.78, 5) is 13.6. The molecule has 0 aliphatic heterocycles. The first-order valence-electron chi connectivity index (χ1n) is 8.59. The summed E-state index contributed by atoms with van der Waals surface area (Å²) in [7, 11) is -3.69. The molecule has 0 saturated heterocycles. The lowest BCUT2D eigenvalue weighted by Crippen LogP contribution is -2.27. The van der Waals surface area contributed by atoms with E-state index in [0.717, 1.165) is 22.3 Å². The molecule has 1 amide bonds. The Balaban J connectivity index is 2.31. The summed E-state index contributed by atoms with van der Waals surface area (Å²) < 4.78 is 28.4. The van der Waals surface area contributed by atoms with Gasteiger partial charge in [-0.05, 0) is 56.5 Å². The molecule has 0 aliphatic rings. The Labute approximate surface area is 156 Å². The Morgan fingerprint density at radius 1 is 1.08 bits per heavy atom. The monoisotopic (exact) mass is 374 g/mol. The predicted molar refractivity (Wildman–Crippen MR) is 105 cm³/mol. The third kappa shape index (κ3) is 4.64. The lowest BCUT2D eigenvalue weighted by atomic mass is 10.1. The number of benzene rings is 2. The van der Waals surface area contributed by atoms with Crippen LogP contribution < -0.4 is 4.72 Å². The topological polar surface area (TPSA) is 66.5 Å². The highest BCUT2D eigenvalue weighted by molar-refractivity contribution is 7.92. The largest absolute Gasteiger partial charge is 0.339 e. The Kier molecular flexibility index (Phi) is 6.08. The highest BCUT2D eigenvalue weighted by atomic mass is 32.2. The zero-order chi connectivity index (χ0) is 19.5. The maximum Gasteiger partial charge on any atom is 0.262 e. The molecule has 0 unspecified atom stereocenters. The third-order valence-electron chi connectivity index (χ3n) is 4.25. The van der Waals surface area contributed by atoms with E-state index >= 15 is 0 Å². The van der Waals surface area contributed by atoms with E-state index in [9.17, 15) is 13.2 Å². The second kappa shape index (κ2) is 7.91. The Hall–Kier alpha value is -2.34. The molecule has 0 atom stereocenters. The molecule has 1 N–H and O–H groups in total. The van der Waals surface area contributed by atoms with Gasteiger partial charge in [-0.3, -0.25) is 9.52 Å².